The average Bonchev–Trinajstić information content (AvgIpc) is 2.17. The third-order valence-corrected chi connectivity index (χ3v) is 3.37. The molecule has 2 atom stereocenters. The van der Waals surface area contributed by atoms with E-state index in [2.05, 4.69) is 37.9 Å². The molecule has 0 aliphatic carbocycles. The number of likely N-dealkylation sites (N-methyl/N-ethyl adjacent to an activating group) is 1. The van der Waals surface area contributed by atoms with E-state index in [-0.39, 0.29) is 0 Å². The molecule has 2 nitrogen and oxygen atoms in total. The molecule has 2 unspecified atom stereocenters. The Morgan fingerprint density at radius 2 is 2.00 bits per heavy atom. The standard InChI is InChI=1S/C12H26N2/c1-5-11-7-12(13-6-2)9-14(8-11)10(3)4/h10-13H,5-9H2,1-4H3. The summed E-state index contributed by atoms with van der Waals surface area (Å²) >= 11 is 0. The first-order chi connectivity index (χ1) is 6.67. The lowest BCUT2D eigenvalue weighted by molar-refractivity contribution is 0.110. The minimum atomic E-state index is 0.700. The summed E-state index contributed by atoms with van der Waals surface area (Å²) in [5.41, 5.74) is 0. The molecular formula is C12H26N2. The quantitative estimate of drug-likeness (QED) is 0.744. The summed E-state index contributed by atoms with van der Waals surface area (Å²) in [5, 5.41) is 3.59. The van der Waals surface area contributed by atoms with Gasteiger partial charge < -0.3 is 5.32 Å². The lowest BCUT2D eigenvalue weighted by Crippen LogP contribution is -2.51. The molecule has 1 aliphatic rings. The van der Waals surface area contributed by atoms with Crippen molar-refractivity contribution < 1.29 is 0 Å². The van der Waals surface area contributed by atoms with Gasteiger partial charge in [-0.3, -0.25) is 4.90 Å². The summed E-state index contributed by atoms with van der Waals surface area (Å²) in [7, 11) is 0. The van der Waals surface area contributed by atoms with Gasteiger partial charge in [-0.25, -0.2) is 0 Å². The number of rotatable bonds is 4. The van der Waals surface area contributed by atoms with Crippen molar-refractivity contribution >= 4 is 0 Å². The highest BCUT2D eigenvalue weighted by molar-refractivity contribution is 4.84. The van der Waals surface area contributed by atoms with Gasteiger partial charge in [0.25, 0.3) is 0 Å². The molecular weight excluding hydrogens is 172 g/mol. The van der Waals surface area contributed by atoms with Gasteiger partial charge in [-0.05, 0) is 32.7 Å². The number of hydrogen-bond acceptors (Lipinski definition) is 2. The third-order valence-electron chi connectivity index (χ3n) is 3.37. The minimum absolute atomic E-state index is 0.700. The van der Waals surface area contributed by atoms with Crippen LogP contribution >= 0.6 is 0 Å². The Morgan fingerprint density at radius 3 is 2.50 bits per heavy atom. The average molecular weight is 198 g/mol. The predicted molar refractivity (Wildman–Crippen MR) is 62.6 cm³/mol. The summed E-state index contributed by atoms with van der Waals surface area (Å²) in [6.07, 6.45) is 2.69. The van der Waals surface area contributed by atoms with Crippen molar-refractivity contribution in [2.24, 2.45) is 5.92 Å². The normalized spacial score (nSPS) is 29.8. The molecule has 84 valence electrons. The molecule has 1 saturated heterocycles. The van der Waals surface area contributed by atoms with Crippen LogP contribution < -0.4 is 5.32 Å². The maximum Gasteiger partial charge on any atom is 0.0198 e. The molecule has 1 N–H and O–H groups in total. The Kier molecular flexibility index (Phi) is 4.90. The van der Waals surface area contributed by atoms with Gasteiger partial charge >= 0.3 is 0 Å². The first-order valence-corrected chi connectivity index (χ1v) is 6.14. The summed E-state index contributed by atoms with van der Waals surface area (Å²) in [6.45, 7) is 12.8. The highest BCUT2D eigenvalue weighted by Gasteiger charge is 2.26. The van der Waals surface area contributed by atoms with Crippen molar-refractivity contribution in [3.8, 4) is 0 Å². The molecule has 0 amide bonds. The molecule has 1 rings (SSSR count). The van der Waals surface area contributed by atoms with Crippen LogP contribution in [0.15, 0.2) is 0 Å². The van der Waals surface area contributed by atoms with Gasteiger partial charge in [0.15, 0.2) is 0 Å². The Morgan fingerprint density at radius 1 is 1.29 bits per heavy atom. The highest BCUT2D eigenvalue weighted by atomic mass is 15.2. The maximum absolute atomic E-state index is 3.59. The van der Waals surface area contributed by atoms with Gasteiger partial charge in [0, 0.05) is 25.2 Å². The van der Waals surface area contributed by atoms with Crippen molar-refractivity contribution in [1.29, 1.82) is 0 Å². The smallest absolute Gasteiger partial charge is 0.0198 e. The van der Waals surface area contributed by atoms with Crippen LogP contribution in [0.5, 0.6) is 0 Å². The van der Waals surface area contributed by atoms with E-state index in [1.54, 1.807) is 0 Å². The molecule has 0 bridgehead atoms. The van der Waals surface area contributed by atoms with Crippen molar-refractivity contribution in [2.45, 2.75) is 52.6 Å². The van der Waals surface area contributed by atoms with Crippen molar-refractivity contribution in [3.63, 3.8) is 0 Å². The van der Waals surface area contributed by atoms with Crippen molar-refractivity contribution in [3.05, 3.63) is 0 Å². The second kappa shape index (κ2) is 5.72. The van der Waals surface area contributed by atoms with Gasteiger partial charge in [-0.15, -0.1) is 0 Å². The van der Waals surface area contributed by atoms with Gasteiger partial charge in [0.2, 0.25) is 0 Å². The maximum atomic E-state index is 3.59. The van der Waals surface area contributed by atoms with E-state index in [4.69, 9.17) is 0 Å². The van der Waals surface area contributed by atoms with Crippen LogP contribution in [0.2, 0.25) is 0 Å². The van der Waals surface area contributed by atoms with E-state index in [1.165, 1.54) is 25.9 Å². The Hall–Kier alpha value is -0.0800. The molecule has 1 aliphatic heterocycles. The molecule has 0 aromatic carbocycles. The molecule has 0 saturated carbocycles. The molecule has 14 heavy (non-hydrogen) atoms. The number of nitrogens with one attached hydrogen (secondary N) is 1. The topological polar surface area (TPSA) is 15.3 Å². The zero-order chi connectivity index (χ0) is 10.6. The predicted octanol–water partition coefficient (Wildman–Crippen LogP) is 2.10. The van der Waals surface area contributed by atoms with Crippen molar-refractivity contribution in [1.82, 2.24) is 10.2 Å². The van der Waals surface area contributed by atoms with Crippen LogP contribution in [0.3, 0.4) is 0 Å². The van der Waals surface area contributed by atoms with E-state index >= 15 is 0 Å². The van der Waals surface area contributed by atoms with E-state index < -0.39 is 0 Å². The van der Waals surface area contributed by atoms with Crippen LogP contribution in [-0.4, -0.2) is 36.6 Å². The second-order valence-corrected chi connectivity index (χ2v) is 4.81. The molecule has 0 aromatic rings. The molecule has 0 aromatic heterocycles. The molecule has 1 fully saturated rings. The Bertz CT molecular complexity index is 156. The number of likely N-dealkylation sites (tertiary alicyclic amines) is 1. The monoisotopic (exact) mass is 198 g/mol. The third kappa shape index (κ3) is 3.25. The van der Waals surface area contributed by atoms with Gasteiger partial charge in [-0.2, -0.15) is 0 Å². The highest BCUT2D eigenvalue weighted by Crippen LogP contribution is 2.21. The van der Waals surface area contributed by atoms with E-state index in [0.717, 1.165) is 18.5 Å². The first-order valence-electron chi connectivity index (χ1n) is 6.14. The summed E-state index contributed by atoms with van der Waals surface area (Å²) in [4.78, 5) is 2.62. The van der Waals surface area contributed by atoms with Crippen molar-refractivity contribution in [2.75, 3.05) is 19.6 Å². The van der Waals surface area contributed by atoms with E-state index in [1.807, 2.05) is 0 Å². The minimum Gasteiger partial charge on any atom is -0.313 e. The zero-order valence-corrected chi connectivity index (χ0v) is 10.2. The van der Waals surface area contributed by atoms with Crippen LogP contribution in [0, 0.1) is 5.92 Å². The summed E-state index contributed by atoms with van der Waals surface area (Å²) in [6, 6.07) is 1.42. The molecule has 0 radical (unpaired) electrons. The number of hydrogen-bond donors (Lipinski definition) is 1. The van der Waals surface area contributed by atoms with E-state index in [9.17, 15) is 0 Å². The number of piperidine rings is 1. The summed E-state index contributed by atoms with van der Waals surface area (Å²) < 4.78 is 0. The molecule has 0 spiro atoms. The lowest BCUT2D eigenvalue weighted by atomic mass is 9.91. The van der Waals surface area contributed by atoms with Gasteiger partial charge in [0.05, 0.1) is 0 Å². The zero-order valence-electron chi connectivity index (χ0n) is 10.2. The van der Waals surface area contributed by atoms with Crippen LogP contribution in [0.25, 0.3) is 0 Å². The Labute approximate surface area is 89.1 Å². The fraction of sp³-hybridized carbons (Fsp3) is 1.00. The summed E-state index contributed by atoms with van der Waals surface area (Å²) in [5.74, 6) is 0.898. The van der Waals surface area contributed by atoms with Gasteiger partial charge in [-0.1, -0.05) is 20.3 Å². The molecule has 1 heterocycles. The largest absolute Gasteiger partial charge is 0.313 e. The fourth-order valence-corrected chi connectivity index (χ4v) is 2.39. The Balaban J connectivity index is 2.47. The van der Waals surface area contributed by atoms with Crippen LogP contribution in [-0.2, 0) is 0 Å². The second-order valence-electron chi connectivity index (χ2n) is 4.81. The van der Waals surface area contributed by atoms with Crippen LogP contribution in [0.4, 0.5) is 0 Å². The fourth-order valence-electron chi connectivity index (χ4n) is 2.39. The first kappa shape index (κ1) is 12.0. The SMILES string of the molecule is CCNC1CC(CC)CN(C(C)C)C1. The number of nitrogens with zero attached hydrogens (tertiary/aromatic N) is 1. The van der Waals surface area contributed by atoms with E-state index in [0.29, 0.717) is 6.04 Å². The lowest BCUT2D eigenvalue weighted by Gasteiger charge is -2.40. The van der Waals surface area contributed by atoms with Gasteiger partial charge in [0.1, 0.15) is 0 Å². The molecule has 2 heteroatoms. The van der Waals surface area contributed by atoms with Crippen LogP contribution in [0.1, 0.15) is 40.5 Å².